The van der Waals surface area contributed by atoms with E-state index in [4.69, 9.17) is 16.3 Å². The Morgan fingerprint density at radius 2 is 1.95 bits per heavy atom. The molecule has 1 N–H and O–H groups in total. The fourth-order valence-corrected chi connectivity index (χ4v) is 1.88. The fourth-order valence-electron chi connectivity index (χ4n) is 1.65. The Labute approximate surface area is 121 Å². The van der Waals surface area contributed by atoms with Gasteiger partial charge in [-0.2, -0.15) is 0 Å². The summed E-state index contributed by atoms with van der Waals surface area (Å²) in [5.41, 5.74) is 1.37. The third kappa shape index (κ3) is 3.96. The van der Waals surface area contributed by atoms with E-state index in [-0.39, 0.29) is 18.3 Å². The van der Waals surface area contributed by atoms with Crippen molar-refractivity contribution in [3.05, 3.63) is 58.9 Å². The molecule has 5 heteroatoms. The first-order chi connectivity index (χ1) is 9.54. The summed E-state index contributed by atoms with van der Waals surface area (Å²) >= 11 is 5.83. The number of hydrogen-bond acceptors (Lipinski definition) is 2. The van der Waals surface area contributed by atoms with Gasteiger partial charge >= 0.3 is 0 Å². The highest BCUT2D eigenvalue weighted by atomic mass is 35.5. The highest BCUT2D eigenvalue weighted by molar-refractivity contribution is 6.30. The summed E-state index contributed by atoms with van der Waals surface area (Å²) in [6.45, 7) is 1.72. The summed E-state index contributed by atoms with van der Waals surface area (Å²) in [5, 5.41) is 3.23. The molecule has 0 aromatic heterocycles. The first-order valence-electron chi connectivity index (χ1n) is 5.99. The summed E-state index contributed by atoms with van der Waals surface area (Å²) in [7, 11) is 0. The zero-order valence-corrected chi connectivity index (χ0v) is 11.6. The summed E-state index contributed by atoms with van der Waals surface area (Å²) in [5.74, 6) is -0.0642. The molecule has 2 rings (SSSR count). The summed E-state index contributed by atoms with van der Waals surface area (Å²) in [6.07, 6.45) is 0. The van der Waals surface area contributed by atoms with Crippen molar-refractivity contribution >= 4 is 23.2 Å². The molecule has 0 aliphatic rings. The van der Waals surface area contributed by atoms with Crippen LogP contribution < -0.4 is 10.1 Å². The Morgan fingerprint density at radius 3 is 2.60 bits per heavy atom. The second-order valence-electron chi connectivity index (χ2n) is 4.25. The standard InChI is InChI=1S/C15H13ClFNO2/c1-10-8-11(16)2-7-14(10)20-9-15(19)18-13-5-3-12(17)4-6-13/h2-8H,9H2,1H3,(H,18,19). The Kier molecular flexibility index (Phi) is 4.58. The molecule has 1 amide bonds. The smallest absolute Gasteiger partial charge is 0.262 e. The van der Waals surface area contributed by atoms with E-state index in [2.05, 4.69) is 5.32 Å². The van der Waals surface area contributed by atoms with Crippen molar-refractivity contribution in [1.82, 2.24) is 0 Å². The lowest BCUT2D eigenvalue weighted by Crippen LogP contribution is -2.20. The van der Waals surface area contributed by atoms with Crippen molar-refractivity contribution < 1.29 is 13.9 Å². The van der Waals surface area contributed by atoms with Crippen LogP contribution in [0.5, 0.6) is 5.75 Å². The molecule has 0 radical (unpaired) electrons. The Morgan fingerprint density at radius 1 is 1.25 bits per heavy atom. The molecule has 0 fully saturated rings. The molecular formula is C15H13ClFNO2. The molecule has 20 heavy (non-hydrogen) atoms. The topological polar surface area (TPSA) is 38.3 Å². The Hall–Kier alpha value is -2.07. The first-order valence-corrected chi connectivity index (χ1v) is 6.37. The Balaban J connectivity index is 1.90. The van der Waals surface area contributed by atoms with Crippen LogP contribution >= 0.6 is 11.6 Å². The van der Waals surface area contributed by atoms with E-state index < -0.39 is 0 Å². The minimum absolute atomic E-state index is 0.125. The van der Waals surface area contributed by atoms with Crippen LogP contribution in [0.25, 0.3) is 0 Å². The van der Waals surface area contributed by atoms with Gasteiger partial charge in [-0.15, -0.1) is 0 Å². The first kappa shape index (κ1) is 14.3. The van der Waals surface area contributed by atoms with Crippen molar-refractivity contribution in [2.24, 2.45) is 0 Å². The Bertz CT molecular complexity index is 614. The lowest BCUT2D eigenvalue weighted by molar-refractivity contribution is -0.118. The minimum Gasteiger partial charge on any atom is -0.483 e. The van der Waals surface area contributed by atoms with Gasteiger partial charge in [0.25, 0.3) is 5.91 Å². The number of amides is 1. The normalized spacial score (nSPS) is 10.2. The van der Waals surface area contributed by atoms with E-state index >= 15 is 0 Å². The number of rotatable bonds is 4. The molecule has 0 bridgehead atoms. The number of anilines is 1. The van der Waals surface area contributed by atoms with Crippen LogP contribution in [0.2, 0.25) is 5.02 Å². The van der Waals surface area contributed by atoms with Gasteiger partial charge in [0.2, 0.25) is 0 Å². The summed E-state index contributed by atoms with van der Waals surface area (Å²) in [6, 6.07) is 10.7. The number of hydrogen-bond donors (Lipinski definition) is 1. The van der Waals surface area contributed by atoms with Crippen LogP contribution in [0.4, 0.5) is 10.1 Å². The molecule has 0 heterocycles. The van der Waals surface area contributed by atoms with Crippen LogP contribution in [0.15, 0.2) is 42.5 Å². The monoisotopic (exact) mass is 293 g/mol. The van der Waals surface area contributed by atoms with Gasteiger partial charge in [0, 0.05) is 10.7 Å². The van der Waals surface area contributed by atoms with Crippen LogP contribution in [-0.4, -0.2) is 12.5 Å². The highest BCUT2D eigenvalue weighted by Crippen LogP contribution is 2.21. The predicted octanol–water partition coefficient (Wildman–Crippen LogP) is 3.81. The third-order valence-electron chi connectivity index (χ3n) is 2.62. The van der Waals surface area contributed by atoms with E-state index in [9.17, 15) is 9.18 Å². The summed E-state index contributed by atoms with van der Waals surface area (Å²) < 4.78 is 18.1. The second kappa shape index (κ2) is 6.39. The van der Waals surface area contributed by atoms with E-state index in [1.807, 2.05) is 6.92 Å². The van der Waals surface area contributed by atoms with Crippen molar-refractivity contribution in [1.29, 1.82) is 0 Å². The molecule has 0 saturated carbocycles. The number of halogens is 2. The molecule has 0 spiro atoms. The van der Waals surface area contributed by atoms with Gasteiger partial charge in [0.05, 0.1) is 0 Å². The highest BCUT2D eigenvalue weighted by Gasteiger charge is 2.06. The summed E-state index contributed by atoms with van der Waals surface area (Å²) in [4.78, 5) is 11.7. The molecule has 3 nitrogen and oxygen atoms in total. The van der Waals surface area contributed by atoms with E-state index in [1.54, 1.807) is 18.2 Å². The van der Waals surface area contributed by atoms with E-state index in [1.165, 1.54) is 24.3 Å². The van der Waals surface area contributed by atoms with Crippen molar-refractivity contribution in [2.45, 2.75) is 6.92 Å². The predicted molar refractivity (Wildman–Crippen MR) is 76.7 cm³/mol. The fraction of sp³-hybridized carbons (Fsp3) is 0.133. The lowest BCUT2D eigenvalue weighted by Gasteiger charge is -2.09. The third-order valence-corrected chi connectivity index (χ3v) is 2.86. The van der Waals surface area contributed by atoms with Gasteiger partial charge in [-0.3, -0.25) is 4.79 Å². The quantitative estimate of drug-likeness (QED) is 0.931. The number of ether oxygens (including phenoxy) is 1. The molecule has 0 aliphatic heterocycles. The lowest BCUT2D eigenvalue weighted by atomic mass is 10.2. The molecule has 0 saturated heterocycles. The number of nitrogens with one attached hydrogen (secondary N) is 1. The van der Waals surface area contributed by atoms with Gasteiger partial charge in [-0.05, 0) is 55.0 Å². The molecule has 0 atom stereocenters. The van der Waals surface area contributed by atoms with E-state index in [0.29, 0.717) is 16.5 Å². The number of carbonyl (C=O) groups excluding carboxylic acids is 1. The zero-order valence-electron chi connectivity index (χ0n) is 10.8. The number of carbonyl (C=O) groups is 1. The minimum atomic E-state index is -0.351. The van der Waals surface area contributed by atoms with Crippen molar-refractivity contribution in [3.63, 3.8) is 0 Å². The van der Waals surface area contributed by atoms with Gasteiger partial charge in [-0.25, -0.2) is 4.39 Å². The maximum Gasteiger partial charge on any atom is 0.262 e. The average molecular weight is 294 g/mol. The van der Waals surface area contributed by atoms with Crippen molar-refractivity contribution in [2.75, 3.05) is 11.9 Å². The average Bonchev–Trinajstić information content (AvgIpc) is 2.40. The van der Waals surface area contributed by atoms with Gasteiger partial charge in [0.1, 0.15) is 11.6 Å². The van der Waals surface area contributed by atoms with Crippen LogP contribution in [0, 0.1) is 12.7 Å². The van der Waals surface area contributed by atoms with Crippen LogP contribution in [0.3, 0.4) is 0 Å². The maximum atomic E-state index is 12.7. The molecule has 104 valence electrons. The maximum absolute atomic E-state index is 12.7. The largest absolute Gasteiger partial charge is 0.483 e. The van der Waals surface area contributed by atoms with Gasteiger partial charge in [0.15, 0.2) is 6.61 Å². The van der Waals surface area contributed by atoms with E-state index in [0.717, 1.165) is 5.56 Å². The molecule has 2 aromatic carbocycles. The van der Waals surface area contributed by atoms with Crippen molar-refractivity contribution in [3.8, 4) is 5.75 Å². The molecule has 0 unspecified atom stereocenters. The molecule has 0 aliphatic carbocycles. The van der Waals surface area contributed by atoms with Gasteiger partial charge < -0.3 is 10.1 Å². The number of benzene rings is 2. The molecule has 2 aromatic rings. The zero-order chi connectivity index (χ0) is 14.5. The number of aryl methyl sites for hydroxylation is 1. The molecular weight excluding hydrogens is 281 g/mol. The second-order valence-corrected chi connectivity index (χ2v) is 4.69. The van der Waals surface area contributed by atoms with Gasteiger partial charge in [-0.1, -0.05) is 11.6 Å². The van der Waals surface area contributed by atoms with Crippen LogP contribution in [0.1, 0.15) is 5.56 Å². The SMILES string of the molecule is Cc1cc(Cl)ccc1OCC(=O)Nc1ccc(F)cc1. The van der Waals surface area contributed by atoms with Crippen LogP contribution in [-0.2, 0) is 4.79 Å².